The number of carbonyl (C=O) groups excluding carboxylic acids is 1. The zero-order valence-corrected chi connectivity index (χ0v) is 9.49. The summed E-state index contributed by atoms with van der Waals surface area (Å²) in [4.78, 5) is 13.8. The molecule has 0 bridgehead atoms. The van der Waals surface area contributed by atoms with Crippen molar-refractivity contribution in [1.29, 1.82) is 0 Å². The van der Waals surface area contributed by atoms with E-state index in [0.717, 1.165) is 6.54 Å². The van der Waals surface area contributed by atoms with Crippen molar-refractivity contribution in [2.24, 2.45) is 11.7 Å². The van der Waals surface area contributed by atoms with Crippen molar-refractivity contribution in [2.45, 2.75) is 52.1 Å². The molecular formula is C11H22N2O. The van der Waals surface area contributed by atoms with Gasteiger partial charge in [0.25, 0.3) is 0 Å². The van der Waals surface area contributed by atoms with Crippen molar-refractivity contribution in [1.82, 2.24) is 4.90 Å². The van der Waals surface area contributed by atoms with E-state index in [2.05, 4.69) is 13.8 Å². The van der Waals surface area contributed by atoms with E-state index in [1.54, 1.807) is 0 Å². The minimum Gasteiger partial charge on any atom is -0.340 e. The zero-order valence-electron chi connectivity index (χ0n) is 9.49. The van der Waals surface area contributed by atoms with Crippen LogP contribution in [-0.4, -0.2) is 29.4 Å². The van der Waals surface area contributed by atoms with Crippen LogP contribution in [0.25, 0.3) is 0 Å². The molecule has 0 aromatic rings. The average molecular weight is 198 g/mol. The lowest BCUT2D eigenvalue weighted by molar-refractivity contribution is -0.132. The smallest absolute Gasteiger partial charge is 0.224 e. The summed E-state index contributed by atoms with van der Waals surface area (Å²) in [7, 11) is 0. The van der Waals surface area contributed by atoms with Crippen LogP contribution in [-0.2, 0) is 4.79 Å². The van der Waals surface area contributed by atoms with Crippen LogP contribution in [0.3, 0.4) is 0 Å². The van der Waals surface area contributed by atoms with E-state index in [0.29, 0.717) is 18.4 Å². The predicted octanol–water partition coefficient (Wildman–Crippen LogP) is 1.37. The van der Waals surface area contributed by atoms with Crippen LogP contribution in [0.1, 0.15) is 40.0 Å². The second-order valence-electron chi connectivity index (χ2n) is 4.52. The van der Waals surface area contributed by atoms with Gasteiger partial charge in [0.2, 0.25) is 5.91 Å². The lowest BCUT2D eigenvalue weighted by Crippen LogP contribution is -2.39. The summed E-state index contributed by atoms with van der Waals surface area (Å²) >= 11 is 0. The highest BCUT2D eigenvalue weighted by molar-refractivity contribution is 5.77. The third-order valence-electron chi connectivity index (χ3n) is 2.92. The number of hydrogen-bond donors (Lipinski definition) is 1. The number of amides is 1. The van der Waals surface area contributed by atoms with E-state index in [-0.39, 0.29) is 11.9 Å². The maximum Gasteiger partial charge on any atom is 0.224 e. The zero-order chi connectivity index (χ0) is 10.7. The minimum atomic E-state index is 0.00954. The summed E-state index contributed by atoms with van der Waals surface area (Å²) in [6.45, 7) is 6.99. The number of rotatable bonds is 5. The Kier molecular flexibility index (Phi) is 3.93. The van der Waals surface area contributed by atoms with Crippen molar-refractivity contribution in [3.05, 3.63) is 0 Å². The number of nitrogens with zero attached hydrogens (tertiary/aromatic N) is 1. The number of nitrogens with two attached hydrogens (primary N) is 1. The molecule has 0 saturated heterocycles. The Labute approximate surface area is 86.6 Å². The second kappa shape index (κ2) is 4.78. The molecule has 1 aliphatic carbocycles. The van der Waals surface area contributed by atoms with E-state index in [1.807, 2.05) is 11.8 Å². The molecule has 1 amide bonds. The maximum absolute atomic E-state index is 11.8. The van der Waals surface area contributed by atoms with Gasteiger partial charge in [0.1, 0.15) is 0 Å². The van der Waals surface area contributed by atoms with E-state index in [9.17, 15) is 4.79 Å². The van der Waals surface area contributed by atoms with E-state index >= 15 is 0 Å². The minimum absolute atomic E-state index is 0.00954. The summed E-state index contributed by atoms with van der Waals surface area (Å²) in [5, 5.41) is 0. The van der Waals surface area contributed by atoms with Gasteiger partial charge >= 0.3 is 0 Å². The highest BCUT2D eigenvalue weighted by Gasteiger charge is 2.31. The quantitative estimate of drug-likeness (QED) is 0.725. The van der Waals surface area contributed by atoms with Crippen molar-refractivity contribution in [2.75, 3.05) is 6.54 Å². The van der Waals surface area contributed by atoms with Gasteiger partial charge in [-0.15, -0.1) is 0 Å². The van der Waals surface area contributed by atoms with Crippen molar-refractivity contribution < 1.29 is 4.79 Å². The lowest BCUT2D eigenvalue weighted by atomic mass is 10.0. The van der Waals surface area contributed by atoms with Crippen molar-refractivity contribution in [3.63, 3.8) is 0 Å². The Balaban J connectivity index is 2.38. The molecule has 82 valence electrons. The van der Waals surface area contributed by atoms with Gasteiger partial charge in [-0.2, -0.15) is 0 Å². The Bertz CT molecular complexity index is 199. The molecular weight excluding hydrogens is 176 g/mol. The summed E-state index contributed by atoms with van der Waals surface area (Å²) in [5.74, 6) is 0.619. The van der Waals surface area contributed by atoms with E-state index < -0.39 is 0 Å². The maximum atomic E-state index is 11.8. The molecule has 1 rings (SSSR count). The predicted molar refractivity (Wildman–Crippen MR) is 57.8 cm³/mol. The van der Waals surface area contributed by atoms with Crippen LogP contribution >= 0.6 is 0 Å². The van der Waals surface area contributed by atoms with Gasteiger partial charge in [0.15, 0.2) is 0 Å². The fourth-order valence-electron chi connectivity index (χ4n) is 1.58. The molecule has 1 aliphatic rings. The molecule has 0 radical (unpaired) electrons. The van der Waals surface area contributed by atoms with Crippen LogP contribution in [0.2, 0.25) is 0 Å². The highest BCUT2D eigenvalue weighted by Crippen LogP contribution is 2.27. The molecule has 1 unspecified atom stereocenters. The Morgan fingerprint density at radius 1 is 1.50 bits per heavy atom. The van der Waals surface area contributed by atoms with Crippen LogP contribution in [0.15, 0.2) is 0 Å². The third kappa shape index (κ3) is 2.98. The first kappa shape index (κ1) is 11.5. The third-order valence-corrected chi connectivity index (χ3v) is 2.92. The molecule has 1 atom stereocenters. The molecule has 0 aliphatic heterocycles. The average Bonchev–Trinajstić information content (AvgIpc) is 2.89. The summed E-state index contributed by atoms with van der Waals surface area (Å²) in [5.41, 5.74) is 5.88. The highest BCUT2D eigenvalue weighted by atomic mass is 16.2. The van der Waals surface area contributed by atoms with Crippen LogP contribution < -0.4 is 5.73 Å². The SMILES string of the molecule is CCN(C(=O)CC(N)C(C)C)C1CC1. The Morgan fingerprint density at radius 2 is 2.07 bits per heavy atom. The fourth-order valence-corrected chi connectivity index (χ4v) is 1.58. The standard InChI is InChI=1S/C11H22N2O/c1-4-13(9-5-6-9)11(14)7-10(12)8(2)3/h8-10H,4-7,12H2,1-3H3. The molecule has 0 heterocycles. The van der Waals surface area contributed by atoms with E-state index in [4.69, 9.17) is 5.73 Å². The Hall–Kier alpha value is -0.570. The number of hydrogen-bond acceptors (Lipinski definition) is 2. The summed E-state index contributed by atoms with van der Waals surface area (Å²) in [6.07, 6.45) is 2.86. The van der Waals surface area contributed by atoms with Gasteiger partial charge < -0.3 is 10.6 Å². The lowest BCUT2D eigenvalue weighted by Gasteiger charge is -2.23. The Morgan fingerprint density at radius 3 is 2.43 bits per heavy atom. The van der Waals surface area contributed by atoms with Gasteiger partial charge in [-0.25, -0.2) is 0 Å². The van der Waals surface area contributed by atoms with Crippen molar-refractivity contribution >= 4 is 5.91 Å². The molecule has 3 heteroatoms. The molecule has 2 N–H and O–H groups in total. The fraction of sp³-hybridized carbons (Fsp3) is 0.909. The summed E-state index contributed by atoms with van der Waals surface area (Å²) in [6, 6.07) is 0.530. The molecule has 3 nitrogen and oxygen atoms in total. The van der Waals surface area contributed by atoms with Crippen LogP contribution in [0, 0.1) is 5.92 Å². The normalized spacial score (nSPS) is 18.4. The van der Waals surface area contributed by atoms with Gasteiger partial charge in [0, 0.05) is 25.0 Å². The molecule has 14 heavy (non-hydrogen) atoms. The molecule has 0 spiro atoms. The van der Waals surface area contributed by atoms with Crippen LogP contribution in [0.5, 0.6) is 0 Å². The first-order valence-corrected chi connectivity index (χ1v) is 5.61. The first-order chi connectivity index (χ1) is 6.56. The molecule has 1 fully saturated rings. The van der Waals surface area contributed by atoms with Gasteiger partial charge in [-0.05, 0) is 25.7 Å². The first-order valence-electron chi connectivity index (χ1n) is 5.61. The monoisotopic (exact) mass is 198 g/mol. The second-order valence-corrected chi connectivity index (χ2v) is 4.52. The molecule has 1 saturated carbocycles. The summed E-state index contributed by atoms with van der Waals surface area (Å²) < 4.78 is 0. The topological polar surface area (TPSA) is 46.3 Å². The largest absolute Gasteiger partial charge is 0.340 e. The van der Waals surface area contributed by atoms with E-state index in [1.165, 1.54) is 12.8 Å². The molecule has 0 aromatic heterocycles. The van der Waals surface area contributed by atoms with Crippen LogP contribution in [0.4, 0.5) is 0 Å². The number of carbonyl (C=O) groups is 1. The van der Waals surface area contributed by atoms with Gasteiger partial charge in [0.05, 0.1) is 0 Å². The van der Waals surface area contributed by atoms with Gasteiger partial charge in [-0.3, -0.25) is 4.79 Å². The van der Waals surface area contributed by atoms with Gasteiger partial charge in [-0.1, -0.05) is 13.8 Å². The molecule has 0 aromatic carbocycles. The van der Waals surface area contributed by atoms with Crippen molar-refractivity contribution in [3.8, 4) is 0 Å².